The molecule has 0 radical (unpaired) electrons. The highest BCUT2D eigenvalue weighted by atomic mass is 79.9. The Labute approximate surface area is 184 Å². The van der Waals surface area contributed by atoms with Crippen molar-refractivity contribution >= 4 is 45.4 Å². The van der Waals surface area contributed by atoms with E-state index >= 15 is 0 Å². The molecule has 10 heteroatoms. The lowest BCUT2D eigenvalue weighted by atomic mass is 10.2. The van der Waals surface area contributed by atoms with Gasteiger partial charge < -0.3 is 24.7 Å². The normalized spacial score (nSPS) is 10.2. The van der Waals surface area contributed by atoms with Gasteiger partial charge in [-0.25, -0.2) is 9.97 Å². The summed E-state index contributed by atoms with van der Waals surface area (Å²) in [6, 6.07) is 7.35. The van der Waals surface area contributed by atoms with Crippen LogP contribution < -0.4 is 11.1 Å². The molecule has 0 bridgehead atoms. The molecule has 1 aromatic carbocycles. The van der Waals surface area contributed by atoms with E-state index in [1.54, 1.807) is 6.07 Å². The number of nitrogen functional groups attached to an aromatic ring is 1. The Morgan fingerprint density at radius 2 is 1.93 bits per heavy atom. The van der Waals surface area contributed by atoms with Gasteiger partial charge in [-0.1, -0.05) is 26.0 Å². The molecule has 0 atom stereocenters. The fourth-order valence-corrected chi connectivity index (χ4v) is 2.57. The molecule has 0 saturated heterocycles. The van der Waals surface area contributed by atoms with Crippen molar-refractivity contribution in [3.8, 4) is 0 Å². The number of carbonyl (C=O) groups is 1. The predicted molar refractivity (Wildman–Crippen MR) is 120 cm³/mol. The summed E-state index contributed by atoms with van der Waals surface area (Å²) >= 11 is 4.49. The maximum atomic E-state index is 12.3. The number of rotatable bonds is 11. The van der Waals surface area contributed by atoms with Crippen molar-refractivity contribution < 1.29 is 18.5 Å². The third-order valence-corrected chi connectivity index (χ3v) is 4.03. The minimum atomic E-state index is -0.430. The van der Waals surface area contributed by atoms with Crippen LogP contribution >= 0.6 is 28.0 Å². The highest BCUT2D eigenvalue weighted by molar-refractivity contribution is 9.10. The molecule has 0 aliphatic heterocycles. The molecular formula is C19H27BrN4O4S. The molecule has 0 saturated carbocycles. The predicted octanol–water partition coefficient (Wildman–Crippen LogP) is 3.93. The number of hydrogen-bond donors (Lipinski definition) is 2. The summed E-state index contributed by atoms with van der Waals surface area (Å²) < 4.78 is 16.5. The van der Waals surface area contributed by atoms with Crippen molar-refractivity contribution in [2.45, 2.75) is 20.5 Å². The van der Waals surface area contributed by atoms with Crippen LogP contribution in [0.15, 0.2) is 35.1 Å². The van der Waals surface area contributed by atoms with E-state index in [-0.39, 0.29) is 11.5 Å². The molecular weight excluding hydrogens is 460 g/mol. The molecule has 8 nitrogen and oxygen atoms in total. The van der Waals surface area contributed by atoms with Gasteiger partial charge in [0.2, 0.25) is 0 Å². The summed E-state index contributed by atoms with van der Waals surface area (Å²) in [5, 5.41) is 2.76. The summed E-state index contributed by atoms with van der Waals surface area (Å²) in [6.45, 7) is 6.46. The first kappa shape index (κ1) is 25.3. The van der Waals surface area contributed by atoms with Crippen LogP contribution in [0.4, 0.5) is 11.5 Å². The molecule has 160 valence electrons. The number of benzene rings is 1. The summed E-state index contributed by atoms with van der Waals surface area (Å²) in [5.74, 6) is -0.363. The molecule has 1 aromatic heterocycles. The van der Waals surface area contributed by atoms with Crippen molar-refractivity contribution in [3.63, 3.8) is 0 Å². The molecule has 29 heavy (non-hydrogen) atoms. The maximum absolute atomic E-state index is 12.3. The standard InChI is InChI=1S/C17H21BrN4O4S.C2H6/c1-27-26-8-7-24-5-6-25-11-12-3-2-4-13(9-12)21-17(23)15-16(19)20-10-14(18)22-15;1-2/h2-4,9-10H,5-8,11H2,1H3,(H2,19,20)(H,21,23);1-2H3. The summed E-state index contributed by atoms with van der Waals surface area (Å²) in [7, 11) is 0. The molecule has 0 unspecified atom stereocenters. The average molecular weight is 487 g/mol. The Bertz CT molecular complexity index is 752. The van der Waals surface area contributed by atoms with Gasteiger partial charge in [0.25, 0.3) is 5.91 Å². The Hall–Kier alpha value is -1.72. The fourth-order valence-electron chi connectivity index (χ4n) is 2.06. The second-order valence-electron chi connectivity index (χ2n) is 5.23. The second kappa shape index (κ2) is 15.2. The number of carbonyl (C=O) groups excluding carboxylic acids is 1. The zero-order valence-corrected chi connectivity index (χ0v) is 19.2. The first-order chi connectivity index (χ1) is 14.1. The smallest absolute Gasteiger partial charge is 0.278 e. The summed E-state index contributed by atoms with van der Waals surface area (Å²) in [5.41, 5.74) is 7.32. The largest absolute Gasteiger partial charge is 0.382 e. The molecule has 0 spiro atoms. The maximum Gasteiger partial charge on any atom is 0.278 e. The topological polar surface area (TPSA) is 109 Å². The lowest BCUT2D eigenvalue weighted by molar-refractivity contribution is 0.0324. The van der Waals surface area contributed by atoms with E-state index in [4.69, 9.17) is 19.4 Å². The number of aromatic nitrogens is 2. The van der Waals surface area contributed by atoms with Gasteiger partial charge in [-0.2, -0.15) is 0 Å². The molecule has 2 rings (SSSR count). The molecule has 2 aromatic rings. The molecule has 1 heterocycles. The zero-order valence-electron chi connectivity index (χ0n) is 16.8. The average Bonchev–Trinajstić information content (AvgIpc) is 2.73. The Kier molecular flexibility index (Phi) is 13.2. The lowest BCUT2D eigenvalue weighted by Crippen LogP contribution is -2.17. The van der Waals surface area contributed by atoms with E-state index in [0.717, 1.165) is 5.56 Å². The second-order valence-corrected chi connectivity index (χ2v) is 6.62. The van der Waals surface area contributed by atoms with Crippen LogP contribution in [0, 0.1) is 0 Å². The zero-order chi connectivity index (χ0) is 21.5. The lowest BCUT2D eigenvalue weighted by Gasteiger charge is -2.09. The highest BCUT2D eigenvalue weighted by Gasteiger charge is 2.13. The monoisotopic (exact) mass is 486 g/mol. The first-order valence-electron chi connectivity index (χ1n) is 9.09. The number of anilines is 2. The Morgan fingerprint density at radius 3 is 2.69 bits per heavy atom. The van der Waals surface area contributed by atoms with E-state index in [9.17, 15) is 4.79 Å². The molecule has 0 fully saturated rings. The van der Waals surface area contributed by atoms with Gasteiger partial charge in [-0.3, -0.25) is 4.79 Å². The van der Waals surface area contributed by atoms with Crippen molar-refractivity contribution in [2.75, 3.05) is 43.7 Å². The first-order valence-corrected chi connectivity index (χ1v) is 11.0. The van der Waals surface area contributed by atoms with Crippen LogP contribution in [0.1, 0.15) is 29.9 Å². The van der Waals surface area contributed by atoms with Gasteiger partial charge in [0, 0.05) is 11.9 Å². The summed E-state index contributed by atoms with van der Waals surface area (Å²) in [4.78, 5) is 20.3. The van der Waals surface area contributed by atoms with Crippen LogP contribution in [-0.2, 0) is 20.3 Å². The molecule has 0 aliphatic rings. The van der Waals surface area contributed by atoms with Gasteiger partial charge in [-0.05, 0) is 45.7 Å². The number of hydrogen-bond acceptors (Lipinski definition) is 8. The van der Waals surface area contributed by atoms with Crippen molar-refractivity contribution in [3.05, 3.63) is 46.3 Å². The van der Waals surface area contributed by atoms with Crippen molar-refractivity contribution in [1.82, 2.24) is 9.97 Å². The van der Waals surface area contributed by atoms with Gasteiger partial charge in [0.15, 0.2) is 11.5 Å². The van der Waals surface area contributed by atoms with Crippen LogP contribution in [0.25, 0.3) is 0 Å². The van der Waals surface area contributed by atoms with Crippen LogP contribution in [0.2, 0.25) is 0 Å². The number of nitrogens with two attached hydrogens (primary N) is 1. The highest BCUT2D eigenvalue weighted by Crippen LogP contribution is 2.15. The van der Waals surface area contributed by atoms with E-state index in [0.29, 0.717) is 43.3 Å². The van der Waals surface area contributed by atoms with Crippen LogP contribution in [0.5, 0.6) is 0 Å². The molecule has 1 amide bonds. The Morgan fingerprint density at radius 1 is 1.21 bits per heavy atom. The number of amides is 1. The third kappa shape index (κ3) is 10.0. The van der Waals surface area contributed by atoms with E-state index in [1.807, 2.05) is 38.3 Å². The minimum absolute atomic E-state index is 0.0635. The van der Waals surface area contributed by atoms with Crippen molar-refractivity contribution in [2.24, 2.45) is 0 Å². The minimum Gasteiger partial charge on any atom is -0.382 e. The Balaban J connectivity index is 0.00000204. The third-order valence-electron chi connectivity index (χ3n) is 3.24. The summed E-state index contributed by atoms with van der Waals surface area (Å²) in [6.07, 6.45) is 3.30. The van der Waals surface area contributed by atoms with Gasteiger partial charge in [-0.15, -0.1) is 0 Å². The number of nitrogens with one attached hydrogen (secondary N) is 1. The van der Waals surface area contributed by atoms with E-state index in [1.165, 1.54) is 18.2 Å². The van der Waals surface area contributed by atoms with Crippen LogP contribution in [-0.4, -0.2) is 48.6 Å². The number of nitrogens with zero attached hydrogens (tertiary/aromatic N) is 2. The van der Waals surface area contributed by atoms with E-state index < -0.39 is 5.91 Å². The van der Waals surface area contributed by atoms with E-state index in [2.05, 4.69) is 31.2 Å². The van der Waals surface area contributed by atoms with Gasteiger partial charge in [0.1, 0.15) is 4.60 Å². The van der Waals surface area contributed by atoms with Gasteiger partial charge in [0.05, 0.1) is 39.2 Å². The quantitative estimate of drug-likeness (QED) is 0.363. The molecule has 3 N–H and O–H groups in total. The van der Waals surface area contributed by atoms with Crippen molar-refractivity contribution in [1.29, 1.82) is 0 Å². The fraction of sp³-hybridized carbons (Fsp3) is 0.421. The number of ether oxygens (including phenoxy) is 2. The van der Waals surface area contributed by atoms with Crippen LogP contribution in [0.3, 0.4) is 0 Å². The van der Waals surface area contributed by atoms with Gasteiger partial charge >= 0.3 is 0 Å². The SMILES string of the molecule is CC.CSOCCOCCOCc1cccc(NC(=O)c2nc(Br)cnc2N)c1. The number of halogens is 1. The molecule has 0 aliphatic carbocycles.